The van der Waals surface area contributed by atoms with Crippen LogP contribution in [0.15, 0.2) is 0 Å². The number of ether oxygens (including phenoxy) is 1. The molecule has 1 unspecified atom stereocenters. The molecule has 1 fully saturated rings. The number of hydrogen-bond acceptors (Lipinski definition) is 6. The highest BCUT2D eigenvalue weighted by atomic mass is 16.5. The molecule has 1 amide bonds. The van der Waals surface area contributed by atoms with Gasteiger partial charge in [0.05, 0.1) is 19.2 Å². The first kappa shape index (κ1) is 15.9. The molecule has 1 rings (SSSR count). The molecule has 1 aliphatic heterocycles. The Bertz CT molecular complexity index is 327. The van der Waals surface area contributed by atoms with Crippen molar-refractivity contribution in [2.45, 2.75) is 25.5 Å². The summed E-state index contributed by atoms with van der Waals surface area (Å²) in [7, 11) is 1.19. The molecule has 1 atom stereocenters. The van der Waals surface area contributed by atoms with Crippen molar-refractivity contribution in [1.82, 2.24) is 15.5 Å². The Kier molecular flexibility index (Phi) is 5.71. The second kappa shape index (κ2) is 6.83. The number of amides is 1. The molecule has 7 heteroatoms. The van der Waals surface area contributed by atoms with Gasteiger partial charge < -0.3 is 20.5 Å². The number of nitrogens with zero attached hydrogens (tertiary/aromatic N) is 1. The summed E-state index contributed by atoms with van der Waals surface area (Å²) in [6.07, 6.45) is -1.33. The first-order valence-electron chi connectivity index (χ1n) is 6.39. The fourth-order valence-electron chi connectivity index (χ4n) is 1.99. The van der Waals surface area contributed by atoms with Crippen LogP contribution in [-0.2, 0) is 14.3 Å². The number of piperazine rings is 1. The van der Waals surface area contributed by atoms with Crippen molar-refractivity contribution in [2.75, 3.05) is 39.8 Å². The van der Waals surface area contributed by atoms with Gasteiger partial charge in [-0.2, -0.15) is 0 Å². The zero-order valence-corrected chi connectivity index (χ0v) is 11.7. The molecule has 0 spiro atoms. The third-order valence-electron chi connectivity index (χ3n) is 3.39. The molecule has 0 aliphatic carbocycles. The highest BCUT2D eigenvalue weighted by Gasteiger charge is 2.35. The highest BCUT2D eigenvalue weighted by Crippen LogP contribution is 2.15. The number of esters is 1. The average Bonchev–Trinajstić information content (AvgIpc) is 2.44. The third-order valence-corrected chi connectivity index (χ3v) is 3.39. The van der Waals surface area contributed by atoms with E-state index in [9.17, 15) is 14.7 Å². The molecule has 7 nitrogen and oxygen atoms in total. The maximum atomic E-state index is 12.1. The minimum absolute atomic E-state index is 0.138. The fraction of sp³-hybridized carbons (Fsp3) is 0.833. The van der Waals surface area contributed by atoms with E-state index in [-0.39, 0.29) is 12.5 Å². The lowest BCUT2D eigenvalue weighted by Gasteiger charge is -2.39. The van der Waals surface area contributed by atoms with Crippen molar-refractivity contribution in [3.63, 3.8) is 0 Å². The van der Waals surface area contributed by atoms with E-state index in [0.29, 0.717) is 0 Å². The molecular formula is C12H23N3O4. The van der Waals surface area contributed by atoms with E-state index < -0.39 is 17.6 Å². The summed E-state index contributed by atoms with van der Waals surface area (Å²) in [5, 5.41) is 15.2. The van der Waals surface area contributed by atoms with Crippen LogP contribution in [0.2, 0.25) is 0 Å². The van der Waals surface area contributed by atoms with Gasteiger partial charge in [0.2, 0.25) is 5.91 Å². The Hall–Kier alpha value is -1.18. The average molecular weight is 273 g/mol. The molecule has 0 bridgehead atoms. The standard InChI is InChI=1S/C12H23N3O4/c1-12(2,15-6-4-13-5-7-15)11(18)14-8-9(16)10(17)19-3/h9,13,16H,4-8H2,1-3H3,(H,14,18). The number of carbonyl (C=O) groups is 2. The van der Waals surface area contributed by atoms with E-state index in [1.807, 2.05) is 13.8 Å². The summed E-state index contributed by atoms with van der Waals surface area (Å²) in [5.41, 5.74) is -0.669. The molecule has 19 heavy (non-hydrogen) atoms. The third kappa shape index (κ3) is 4.15. The van der Waals surface area contributed by atoms with Crippen LogP contribution < -0.4 is 10.6 Å². The molecule has 1 heterocycles. The van der Waals surface area contributed by atoms with Crippen molar-refractivity contribution in [2.24, 2.45) is 0 Å². The maximum absolute atomic E-state index is 12.1. The molecule has 0 aromatic heterocycles. The number of nitrogens with one attached hydrogen (secondary N) is 2. The van der Waals surface area contributed by atoms with Crippen molar-refractivity contribution in [3.8, 4) is 0 Å². The van der Waals surface area contributed by atoms with Crippen LogP contribution in [0.3, 0.4) is 0 Å². The Labute approximate surface area is 113 Å². The van der Waals surface area contributed by atoms with Gasteiger partial charge in [-0.15, -0.1) is 0 Å². The summed E-state index contributed by atoms with van der Waals surface area (Å²) in [6.45, 7) is 6.81. The monoisotopic (exact) mass is 273 g/mol. The number of rotatable bonds is 5. The molecule has 1 saturated heterocycles. The Morgan fingerprint density at radius 2 is 2.00 bits per heavy atom. The van der Waals surface area contributed by atoms with E-state index in [2.05, 4.69) is 20.3 Å². The molecular weight excluding hydrogens is 250 g/mol. The smallest absolute Gasteiger partial charge is 0.336 e. The van der Waals surface area contributed by atoms with Crippen LogP contribution in [0.5, 0.6) is 0 Å². The van der Waals surface area contributed by atoms with Crippen LogP contribution in [0, 0.1) is 0 Å². The number of carbonyl (C=O) groups excluding carboxylic acids is 2. The topological polar surface area (TPSA) is 90.9 Å². The van der Waals surface area contributed by atoms with Crippen LogP contribution in [0.25, 0.3) is 0 Å². The van der Waals surface area contributed by atoms with E-state index >= 15 is 0 Å². The van der Waals surface area contributed by atoms with E-state index in [4.69, 9.17) is 0 Å². The van der Waals surface area contributed by atoms with E-state index in [0.717, 1.165) is 26.2 Å². The molecule has 110 valence electrons. The number of aliphatic hydroxyl groups is 1. The lowest BCUT2D eigenvalue weighted by molar-refractivity contribution is -0.150. The number of methoxy groups -OCH3 is 1. The fourth-order valence-corrected chi connectivity index (χ4v) is 1.99. The van der Waals surface area contributed by atoms with Crippen molar-refractivity contribution < 1.29 is 19.4 Å². The van der Waals surface area contributed by atoms with Crippen LogP contribution in [0.4, 0.5) is 0 Å². The summed E-state index contributed by atoms with van der Waals surface area (Å²) in [5.74, 6) is -0.961. The van der Waals surface area contributed by atoms with Gasteiger partial charge >= 0.3 is 5.97 Å². The zero-order chi connectivity index (χ0) is 14.5. The minimum atomic E-state index is -1.33. The summed E-state index contributed by atoms with van der Waals surface area (Å²) in [4.78, 5) is 25.2. The lowest BCUT2D eigenvalue weighted by atomic mass is 10.0. The van der Waals surface area contributed by atoms with Gasteiger partial charge in [-0.1, -0.05) is 0 Å². The predicted molar refractivity (Wildman–Crippen MR) is 69.6 cm³/mol. The molecule has 1 aliphatic rings. The van der Waals surface area contributed by atoms with E-state index in [1.165, 1.54) is 7.11 Å². The second-order valence-corrected chi connectivity index (χ2v) is 5.05. The van der Waals surface area contributed by atoms with Gasteiger partial charge in [0.25, 0.3) is 0 Å². The van der Waals surface area contributed by atoms with Gasteiger partial charge in [-0.3, -0.25) is 9.69 Å². The summed E-state index contributed by atoms with van der Waals surface area (Å²) in [6, 6.07) is 0. The zero-order valence-electron chi connectivity index (χ0n) is 11.7. The molecule has 3 N–H and O–H groups in total. The maximum Gasteiger partial charge on any atom is 0.336 e. The number of aliphatic hydroxyl groups excluding tert-OH is 1. The van der Waals surface area contributed by atoms with Crippen LogP contribution >= 0.6 is 0 Å². The van der Waals surface area contributed by atoms with Crippen LogP contribution in [-0.4, -0.2) is 73.4 Å². The SMILES string of the molecule is COC(=O)C(O)CNC(=O)C(C)(C)N1CCNCC1. The Morgan fingerprint density at radius 1 is 1.42 bits per heavy atom. The Balaban J connectivity index is 2.48. The van der Waals surface area contributed by atoms with Gasteiger partial charge in [0.1, 0.15) is 0 Å². The predicted octanol–water partition coefficient (Wildman–Crippen LogP) is -1.68. The quantitative estimate of drug-likeness (QED) is 0.518. The van der Waals surface area contributed by atoms with Gasteiger partial charge in [-0.25, -0.2) is 4.79 Å². The minimum Gasteiger partial charge on any atom is -0.467 e. The van der Waals surface area contributed by atoms with Gasteiger partial charge in [-0.05, 0) is 13.8 Å². The largest absolute Gasteiger partial charge is 0.467 e. The molecule has 0 radical (unpaired) electrons. The van der Waals surface area contributed by atoms with Crippen molar-refractivity contribution in [1.29, 1.82) is 0 Å². The van der Waals surface area contributed by atoms with E-state index in [1.54, 1.807) is 0 Å². The Morgan fingerprint density at radius 3 is 2.53 bits per heavy atom. The van der Waals surface area contributed by atoms with Crippen molar-refractivity contribution >= 4 is 11.9 Å². The highest BCUT2D eigenvalue weighted by molar-refractivity contribution is 5.86. The van der Waals surface area contributed by atoms with Crippen molar-refractivity contribution in [3.05, 3.63) is 0 Å². The van der Waals surface area contributed by atoms with Crippen LogP contribution in [0.1, 0.15) is 13.8 Å². The molecule has 0 saturated carbocycles. The second-order valence-electron chi connectivity index (χ2n) is 5.05. The molecule has 0 aromatic rings. The van der Waals surface area contributed by atoms with Gasteiger partial charge in [0, 0.05) is 26.2 Å². The first-order chi connectivity index (χ1) is 8.89. The lowest BCUT2D eigenvalue weighted by Crippen LogP contribution is -2.60. The summed E-state index contributed by atoms with van der Waals surface area (Å²) >= 11 is 0. The molecule has 0 aromatic carbocycles. The van der Waals surface area contributed by atoms with Gasteiger partial charge in [0.15, 0.2) is 6.10 Å². The number of hydrogen-bond donors (Lipinski definition) is 3. The normalized spacial score (nSPS) is 18.7. The summed E-state index contributed by atoms with van der Waals surface area (Å²) < 4.78 is 4.39. The first-order valence-corrected chi connectivity index (χ1v) is 6.39.